The number of methoxy groups -OCH3 is 1. The van der Waals surface area contributed by atoms with Crippen LogP contribution in [0.2, 0.25) is 5.02 Å². The van der Waals surface area contributed by atoms with E-state index in [2.05, 4.69) is 10.4 Å². The molecule has 2 aromatic carbocycles. The Morgan fingerprint density at radius 2 is 2.00 bits per heavy atom. The lowest BCUT2D eigenvalue weighted by atomic mass is 9.85. The van der Waals surface area contributed by atoms with Crippen molar-refractivity contribution < 1.29 is 14.6 Å². The molecular weight excluding hydrogens is 366 g/mol. The van der Waals surface area contributed by atoms with Gasteiger partial charge in [0.25, 0.3) is 0 Å². The molecule has 138 valence electrons. The maximum atomic E-state index is 12.4. The van der Waals surface area contributed by atoms with E-state index in [1.807, 2.05) is 25.1 Å². The number of nitrogens with zero attached hydrogens (tertiary/aromatic N) is 2. The Morgan fingerprint density at radius 3 is 2.70 bits per heavy atom. The number of aryl methyl sites for hydroxylation is 1. The fourth-order valence-electron chi connectivity index (χ4n) is 3.51. The Kier molecular flexibility index (Phi) is 4.28. The van der Waals surface area contributed by atoms with Gasteiger partial charge in [-0.05, 0) is 48.9 Å². The second-order valence-electron chi connectivity index (χ2n) is 6.47. The minimum absolute atomic E-state index is 0.0651. The summed E-state index contributed by atoms with van der Waals surface area (Å²) in [5, 5.41) is 18.1. The molecule has 7 heteroatoms. The molecule has 6 nitrogen and oxygen atoms in total. The van der Waals surface area contributed by atoms with Gasteiger partial charge in [0.05, 0.1) is 18.5 Å². The highest BCUT2D eigenvalue weighted by atomic mass is 35.5. The van der Waals surface area contributed by atoms with Crippen LogP contribution in [0.1, 0.15) is 29.2 Å². The van der Waals surface area contributed by atoms with Crippen LogP contribution >= 0.6 is 11.6 Å². The number of hydrogen-bond acceptors (Lipinski definition) is 4. The van der Waals surface area contributed by atoms with E-state index >= 15 is 0 Å². The highest BCUT2D eigenvalue weighted by Gasteiger charge is 2.33. The highest BCUT2D eigenvalue weighted by molar-refractivity contribution is 6.30. The van der Waals surface area contributed by atoms with E-state index in [1.54, 1.807) is 28.9 Å². The van der Waals surface area contributed by atoms with Crippen LogP contribution in [-0.4, -0.2) is 27.9 Å². The molecule has 0 spiro atoms. The quantitative estimate of drug-likeness (QED) is 0.716. The Bertz CT molecular complexity index is 1030. The van der Waals surface area contributed by atoms with Gasteiger partial charge in [0.1, 0.15) is 5.82 Å². The summed E-state index contributed by atoms with van der Waals surface area (Å²) in [5.74, 6) is 0.833. The third-order valence-corrected chi connectivity index (χ3v) is 5.03. The number of aromatic nitrogens is 2. The van der Waals surface area contributed by atoms with Crippen molar-refractivity contribution >= 4 is 23.3 Å². The Labute approximate surface area is 161 Å². The van der Waals surface area contributed by atoms with Crippen LogP contribution in [0.25, 0.3) is 5.69 Å². The van der Waals surface area contributed by atoms with Crippen molar-refractivity contribution in [2.75, 3.05) is 12.4 Å². The Morgan fingerprint density at radius 1 is 1.26 bits per heavy atom. The molecule has 2 heterocycles. The molecule has 1 atom stereocenters. The average Bonchev–Trinajstić information content (AvgIpc) is 2.98. The zero-order valence-electron chi connectivity index (χ0n) is 14.9. The SMILES string of the molecule is COc1cc(C2CC(=O)Nc3c2c(C)nn3-c2ccc(Cl)cc2)ccc1O. The first kappa shape index (κ1) is 17.4. The van der Waals surface area contributed by atoms with Gasteiger partial charge in [0.2, 0.25) is 5.91 Å². The first-order valence-corrected chi connectivity index (χ1v) is 8.88. The van der Waals surface area contributed by atoms with E-state index in [9.17, 15) is 9.90 Å². The minimum Gasteiger partial charge on any atom is -0.504 e. The number of rotatable bonds is 3. The van der Waals surface area contributed by atoms with Crippen LogP contribution in [0.5, 0.6) is 11.5 Å². The molecule has 4 rings (SSSR count). The fourth-order valence-corrected chi connectivity index (χ4v) is 3.64. The topological polar surface area (TPSA) is 76.4 Å². The number of carbonyl (C=O) groups is 1. The van der Waals surface area contributed by atoms with Crippen molar-refractivity contribution in [3.63, 3.8) is 0 Å². The van der Waals surface area contributed by atoms with Gasteiger partial charge in [-0.1, -0.05) is 17.7 Å². The van der Waals surface area contributed by atoms with Gasteiger partial charge < -0.3 is 15.2 Å². The van der Waals surface area contributed by atoms with Gasteiger partial charge in [-0.15, -0.1) is 0 Å². The molecule has 0 bridgehead atoms. The maximum absolute atomic E-state index is 12.4. The number of nitrogens with one attached hydrogen (secondary N) is 1. The van der Waals surface area contributed by atoms with Crippen LogP contribution < -0.4 is 10.1 Å². The maximum Gasteiger partial charge on any atom is 0.226 e. The van der Waals surface area contributed by atoms with Crippen LogP contribution in [0.15, 0.2) is 42.5 Å². The molecule has 27 heavy (non-hydrogen) atoms. The van der Waals surface area contributed by atoms with Gasteiger partial charge in [-0.25, -0.2) is 4.68 Å². The Balaban J connectivity index is 1.85. The van der Waals surface area contributed by atoms with Crippen molar-refractivity contribution in [2.45, 2.75) is 19.3 Å². The molecule has 0 aliphatic carbocycles. The lowest BCUT2D eigenvalue weighted by molar-refractivity contribution is -0.116. The predicted octanol–water partition coefficient (Wildman–Crippen LogP) is 4.02. The molecule has 3 aromatic rings. The second-order valence-corrected chi connectivity index (χ2v) is 6.91. The largest absolute Gasteiger partial charge is 0.504 e. The van der Waals surface area contributed by atoms with Gasteiger partial charge in [-0.3, -0.25) is 4.79 Å². The molecule has 2 N–H and O–H groups in total. The van der Waals surface area contributed by atoms with Crippen molar-refractivity contribution in [2.24, 2.45) is 0 Å². The number of benzene rings is 2. The van der Waals surface area contributed by atoms with Crippen molar-refractivity contribution in [3.8, 4) is 17.2 Å². The van der Waals surface area contributed by atoms with Crippen LogP contribution in [0, 0.1) is 6.92 Å². The third kappa shape index (κ3) is 3.02. The van der Waals surface area contributed by atoms with Crippen molar-refractivity contribution in [1.29, 1.82) is 0 Å². The number of phenolic OH excluding ortho intramolecular Hbond substituents is 1. The summed E-state index contributed by atoms with van der Waals surface area (Å²) in [5.41, 5.74) is 3.49. The summed E-state index contributed by atoms with van der Waals surface area (Å²) in [6.07, 6.45) is 0.300. The van der Waals surface area contributed by atoms with E-state index in [0.29, 0.717) is 23.0 Å². The summed E-state index contributed by atoms with van der Waals surface area (Å²) >= 11 is 5.98. The first-order valence-electron chi connectivity index (χ1n) is 8.50. The molecule has 0 saturated heterocycles. The number of anilines is 1. The highest BCUT2D eigenvalue weighted by Crippen LogP contribution is 2.42. The summed E-state index contributed by atoms with van der Waals surface area (Å²) < 4.78 is 6.95. The summed E-state index contributed by atoms with van der Waals surface area (Å²) in [4.78, 5) is 12.4. The van der Waals surface area contributed by atoms with E-state index in [0.717, 1.165) is 22.5 Å². The monoisotopic (exact) mass is 383 g/mol. The van der Waals surface area contributed by atoms with Gasteiger partial charge in [-0.2, -0.15) is 5.10 Å². The van der Waals surface area contributed by atoms with Crippen LogP contribution in [-0.2, 0) is 4.79 Å². The number of hydrogen-bond donors (Lipinski definition) is 2. The molecule has 1 aromatic heterocycles. The number of halogens is 1. The Hall–Kier alpha value is -2.99. The van der Waals surface area contributed by atoms with E-state index in [-0.39, 0.29) is 17.6 Å². The van der Waals surface area contributed by atoms with Crippen molar-refractivity contribution in [3.05, 3.63) is 64.3 Å². The zero-order chi connectivity index (χ0) is 19.1. The standard InChI is InChI=1S/C20H18ClN3O3/c1-11-19-15(12-3-8-16(25)17(9-12)27-2)10-18(26)22-20(19)24(23-11)14-6-4-13(21)5-7-14/h3-9,15,25H,10H2,1-2H3,(H,22,26). The number of amides is 1. The number of aromatic hydroxyl groups is 1. The molecule has 1 amide bonds. The summed E-state index contributed by atoms with van der Waals surface area (Å²) in [6.45, 7) is 1.92. The number of fused-ring (bicyclic) bond motifs is 1. The van der Waals surface area contributed by atoms with E-state index in [1.165, 1.54) is 7.11 Å². The van der Waals surface area contributed by atoms with Gasteiger partial charge >= 0.3 is 0 Å². The normalized spacial score (nSPS) is 16.0. The van der Waals surface area contributed by atoms with Crippen LogP contribution in [0.4, 0.5) is 5.82 Å². The lowest BCUT2D eigenvalue weighted by Gasteiger charge is -2.25. The molecular formula is C20H18ClN3O3. The molecule has 1 aliphatic heterocycles. The fraction of sp³-hybridized carbons (Fsp3) is 0.200. The third-order valence-electron chi connectivity index (χ3n) is 4.78. The molecule has 1 unspecified atom stereocenters. The summed E-state index contributed by atoms with van der Waals surface area (Å²) in [7, 11) is 1.50. The van der Waals surface area contributed by atoms with E-state index in [4.69, 9.17) is 16.3 Å². The lowest BCUT2D eigenvalue weighted by Crippen LogP contribution is -2.25. The zero-order valence-corrected chi connectivity index (χ0v) is 15.6. The average molecular weight is 384 g/mol. The molecule has 0 radical (unpaired) electrons. The first-order chi connectivity index (χ1) is 13.0. The minimum atomic E-state index is -0.177. The predicted molar refractivity (Wildman–Crippen MR) is 103 cm³/mol. The van der Waals surface area contributed by atoms with Gasteiger partial charge in [0, 0.05) is 22.9 Å². The number of phenols is 1. The van der Waals surface area contributed by atoms with E-state index < -0.39 is 0 Å². The summed E-state index contributed by atoms with van der Waals surface area (Å²) in [6, 6.07) is 12.4. The smallest absolute Gasteiger partial charge is 0.226 e. The molecule has 0 fully saturated rings. The van der Waals surface area contributed by atoms with Gasteiger partial charge in [0.15, 0.2) is 11.5 Å². The van der Waals surface area contributed by atoms with Crippen LogP contribution in [0.3, 0.4) is 0 Å². The molecule has 0 saturated carbocycles. The second kappa shape index (κ2) is 6.63. The number of carbonyl (C=O) groups excluding carboxylic acids is 1. The van der Waals surface area contributed by atoms with Crippen molar-refractivity contribution in [1.82, 2.24) is 9.78 Å². The number of ether oxygens (including phenoxy) is 1. The molecule has 1 aliphatic rings.